The van der Waals surface area contributed by atoms with Gasteiger partial charge in [-0.25, -0.2) is 4.79 Å². The SMILES string of the molecule is CN(C)C(=O)N1CCCC(C(=O)NCc2cccc(-c3nn[nH]n3)c2)C1. The molecule has 3 rings (SSSR count). The van der Waals surface area contributed by atoms with Gasteiger partial charge in [-0.1, -0.05) is 18.2 Å². The molecule has 0 bridgehead atoms. The molecule has 1 fully saturated rings. The Morgan fingerprint density at radius 1 is 1.38 bits per heavy atom. The number of hydrogen-bond acceptors (Lipinski definition) is 5. The molecule has 1 aliphatic rings. The molecule has 0 spiro atoms. The van der Waals surface area contributed by atoms with Crippen LogP contribution in [0.4, 0.5) is 4.79 Å². The first-order chi connectivity index (χ1) is 12.5. The fraction of sp³-hybridized carbons (Fsp3) is 0.471. The van der Waals surface area contributed by atoms with Crippen molar-refractivity contribution >= 4 is 11.9 Å². The van der Waals surface area contributed by atoms with Crippen LogP contribution in [0, 0.1) is 5.92 Å². The van der Waals surface area contributed by atoms with Gasteiger partial charge in [0.1, 0.15) is 0 Å². The Balaban J connectivity index is 1.57. The normalized spacial score (nSPS) is 17.0. The number of piperidine rings is 1. The summed E-state index contributed by atoms with van der Waals surface area (Å²) < 4.78 is 0. The number of aromatic amines is 1. The van der Waals surface area contributed by atoms with Crippen LogP contribution in [0.5, 0.6) is 0 Å². The number of likely N-dealkylation sites (tertiary alicyclic amines) is 1. The lowest BCUT2D eigenvalue weighted by Gasteiger charge is -2.33. The fourth-order valence-corrected chi connectivity index (χ4v) is 3.09. The first kappa shape index (κ1) is 17.8. The molecule has 2 N–H and O–H groups in total. The zero-order valence-electron chi connectivity index (χ0n) is 15.0. The van der Waals surface area contributed by atoms with Crippen molar-refractivity contribution < 1.29 is 9.59 Å². The average Bonchev–Trinajstić information content (AvgIpc) is 3.20. The maximum atomic E-state index is 12.5. The minimum Gasteiger partial charge on any atom is -0.352 e. The van der Waals surface area contributed by atoms with Crippen LogP contribution in [-0.4, -0.2) is 69.5 Å². The van der Waals surface area contributed by atoms with E-state index in [2.05, 4.69) is 25.9 Å². The standard InChI is InChI=1S/C17H23N7O2/c1-23(2)17(26)24-8-4-7-14(11-24)16(25)18-10-12-5-3-6-13(9-12)15-19-21-22-20-15/h3,5-6,9,14H,4,7-8,10-11H2,1-2H3,(H,18,25)(H,19,20,21,22). The third-order valence-corrected chi connectivity index (χ3v) is 4.44. The Hall–Kier alpha value is -2.97. The van der Waals surface area contributed by atoms with Gasteiger partial charge < -0.3 is 15.1 Å². The predicted octanol–water partition coefficient (Wildman–Crippen LogP) is 0.876. The molecule has 1 saturated heterocycles. The van der Waals surface area contributed by atoms with Crippen LogP contribution in [0.15, 0.2) is 24.3 Å². The molecule has 2 heterocycles. The highest BCUT2D eigenvalue weighted by molar-refractivity contribution is 5.80. The number of carbonyl (C=O) groups is 2. The number of carbonyl (C=O) groups excluding carboxylic acids is 2. The van der Waals surface area contributed by atoms with Gasteiger partial charge in [0.25, 0.3) is 0 Å². The van der Waals surface area contributed by atoms with Crippen LogP contribution in [0.1, 0.15) is 18.4 Å². The molecule has 1 aromatic carbocycles. The second-order valence-corrected chi connectivity index (χ2v) is 6.62. The van der Waals surface area contributed by atoms with Crippen molar-refractivity contribution in [2.45, 2.75) is 19.4 Å². The van der Waals surface area contributed by atoms with Crippen molar-refractivity contribution in [1.82, 2.24) is 35.7 Å². The molecule has 0 radical (unpaired) electrons. The molecule has 2 aromatic rings. The summed E-state index contributed by atoms with van der Waals surface area (Å²) in [6.45, 7) is 1.59. The Labute approximate surface area is 151 Å². The molecule has 1 atom stereocenters. The number of H-pyrrole nitrogens is 1. The lowest BCUT2D eigenvalue weighted by Crippen LogP contribution is -2.48. The van der Waals surface area contributed by atoms with Crippen molar-refractivity contribution in [3.63, 3.8) is 0 Å². The van der Waals surface area contributed by atoms with Gasteiger partial charge in [0.15, 0.2) is 0 Å². The number of urea groups is 1. The van der Waals surface area contributed by atoms with E-state index < -0.39 is 0 Å². The molecule has 0 saturated carbocycles. The minimum absolute atomic E-state index is 0.0220. The van der Waals surface area contributed by atoms with E-state index in [9.17, 15) is 9.59 Å². The maximum absolute atomic E-state index is 12.5. The monoisotopic (exact) mass is 357 g/mol. The highest BCUT2D eigenvalue weighted by Crippen LogP contribution is 2.18. The number of hydrogen-bond donors (Lipinski definition) is 2. The Kier molecular flexibility index (Phi) is 5.45. The van der Waals surface area contributed by atoms with Crippen molar-refractivity contribution in [3.8, 4) is 11.4 Å². The first-order valence-corrected chi connectivity index (χ1v) is 8.61. The van der Waals surface area contributed by atoms with Crippen molar-refractivity contribution in [2.24, 2.45) is 5.92 Å². The van der Waals surface area contributed by atoms with E-state index in [1.165, 1.54) is 0 Å². The van der Waals surface area contributed by atoms with Gasteiger partial charge in [-0.3, -0.25) is 4.79 Å². The molecule has 26 heavy (non-hydrogen) atoms. The Bertz CT molecular complexity index is 760. The lowest BCUT2D eigenvalue weighted by molar-refractivity contribution is -0.126. The number of tetrazole rings is 1. The number of nitrogens with zero attached hydrogens (tertiary/aromatic N) is 5. The van der Waals surface area contributed by atoms with Crippen molar-refractivity contribution in [3.05, 3.63) is 29.8 Å². The van der Waals surface area contributed by atoms with Crippen LogP contribution < -0.4 is 5.32 Å². The summed E-state index contributed by atoms with van der Waals surface area (Å²) in [6, 6.07) is 7.60. The Morgan fingerprint density at radius 3 is 2.96 bits per heavy atom. The molecular formula is C17H23N7O2. The zero-order valence-corrected chi connectivity index (χ0v) is 15.0. The number of amides is 3. The molecule has 9 heteroatoms. The van der Waals surface area contributed by atoms with Crippen LogP contribution in [0.2, 0.25) is 0 Å². The quantitative estimate of drug-likeness (QED) is 0.844. The van der Waals surface area contributed by atoms with Gasteiger partial charge in [0.2, 0.25) is 11.7 Å². The summed E-state index contributed by atoms with van der Waals surface area (Å²) >= 11 is 0. The molecule has 0 aliphatic carbocycles. The van der Waals surface area contributed by atoms with Gasteiger partial charge in [0, 0.05) is 39.3 Å². The number of benzene rings is 1. The van der Waals surface area contributed by atoms with E-state index in [0.29, 0.717) is 25.5 Å². The number of aromatic nitrogens is 4. The Morgan fingerprint density at radius 2 is 2.23 bits per heavy atom. The zero-order chi connectivity index (χ0) is 18.5. The van der Waals surface area contributed by atoms with E-state index in [1.807, 2.05) is 24.3 Å². The van der Waals surface area contributed by atoms with Crippen molar-refractivity contribution in [1.29, 1.82) is 0 Å². The smallest absolute Gasteiger partial charge is 0.319 e. The summed E-state index contributed by atoms with van der Waals surface area (Å²) in [6.07, 6.45) is 1.64. The highest BCUT2D eigenvalue weighted by atomic mass is 16.2. The third-order valence-electron chi connectivity index (χ3n) is 4.44. The summed E-state index contributed by atoms with van der Waals surface area (Å²) in [4.78, 5) is 27.9. The lowest BCUT2D eigenvalue weighted by atomic mass is 9.97. The second-order valence-electron chi connectivity index (χ2n) is 6.62. The number of nitrogens with one attached hydrogen (secondary N) is 2. The molecule has 1 aliphatic heterocycles. The van der Waals surface area contributed by atoms with Crippen LogP contribution in [0.25, 0.3) is 11.4 Å². The van der Waals surface area contributed by atoms with E-state index in [1.54, 1.807) is 23.9 Å². The van der Waals surface area contributed by atoms with Gasteiger partial charge in [-0.05, 0) is 29.7 Å². The summed E-state index contributed by atoms with van der Waals surface area (Å²) in [5, 5.41) is 16.9. The van der Waals surface area contributed by atoms with Gasteiger partial charge >= 0.3 is 6.03 Å². The topological polar surface area (TPSA) is 107 Å². The molecule has 9 nitrogen and oxygen atoms in total. The summed E-state index contributed by atoms with van der Waals surface area (Å²) in [5.74, 6) is 0.322. The molecular weight excluding hydrogens is 334 g/mol. The largest absolute Gasteiger partial charge is 0.352 e. The average molecular weight is 357 g/mol. The summed E-state index contributed by atoms with van der Waals surface area (Å²) in [5.41, 5.74) is 1.80. The van der Waals surface area contributed by atoms with Crippen molar-refractivity contribution in [2.75, 3.05) is 27.2 Å². The van der Waals surface area contributed by atoms with Gasteiger partial charge in [-0.15, -0.1) is 10.2 Å². The van der Waals surface area contributed by atoms with Gasteiger partial charge in [0.05, 0.1) is 5.92 Å². The van der Waals surface area contributed by atoms with Crippen LogP contribution in [0.3, 0.4) is 0 Å². The van der Waals surface area contributed by atoms with Crippen LogP contribution in [-0.2, 0) is 11.3 Å². The minimum atomic E-state index is -0.173. The fourth-order valence-electron chi connectivity index (χ4n) is 3.09. The van der Waals surface area contributed by atoms with Crippen LogP contribution >= 0.6 is 0 Å². The van der Waals surface area contributed by atoms with E-state index in [4.69, 9.17) is 0 Å². The second kappa shape index (κ2) is 7.94. The van der Waals surface area contributed by atoms with E-state index >= 15 is 0 Å². The molecule has 3 amide bonds. The van der Waals surface area contributed by atoms with E-state index in [-0.39, 0.29) is 17.9 Å². The molecule has 1 unspecified atom stereocenters. The van der Waals surface area contributed by atoms with Gasteiger partial charge in [-0.2, -0.15) is 5.21 Å². The first-order valence-electron chi connectivity index (χ1n) is 8.61. The summed E-state index contributed by atoms with van der Waals surface area (Å²) in [7, 11) is 3.45. The molecule has 1 aromatic heterocycles. The maximum Gasteiger partial charge on any atom is 0.319 e. The third kappa shape index (κ3) is 4.16. The molecule has 138 valence electrons. The highest BCUT2D eigenvalue weighted by Gasteiger charge is 2.28. The predicted molar refractivity (Wildman–Crippen MR) is 94.8 cm³/mol. The van der Waals surface area contributed by atoms with E-state index in [0.717, 1.165) is 24.0 Å². The number of rotatable bonds is 4.